The van der Waals surface area contributed by atoms with Crippen molar-refractivity contribution in [1.82, 2.24) is 13.9 Å². The largest absolute Gasteiger partial charge is 0.454 e. The molecule has 0 saturated carbocycles. The quantitative estimate of drug-likeness (QED) is 0.494. The molecule has 0 aliphatic rings. The van der Waals surface area contributed by atoms with E-state index in [9.17, 15) is 18.0 Å². The van der Waals surface area contributed by atoms with Gasteiger partial charge in [-0.05, 0) is 43.3 Å². The molecule has 0 unspecified atom stereocenters. The third kappa shape index (κ3) is 5.14. The number of aryl methyl sites for hydroxylation is 1. The third-order valence-electron chi connectivity index (χ3n) is 4.98. The Labute approximate surface area is 187 Å². The van der Waals surface area contributed by atoms with Crippen molar-refractivity contribution in [2.75, 3.05) is 25.0 Å². The molecule has 0 fully saturated rings. The van der Waals surface area contributed by atoms with Crippen molar-refractivity contribution in [3.8, 4) is 0 Å². The predicted molar refractivity (Wildman–Crippen MR) is 121 cm³/mol. The van der Waals surface area contributed by atoms with Gasteiger partial charge in [0.05, 0.1) is 15.9 Å². The highest BCUT2D eigenvalue weighted by molar-refractivity contribution is 7.89. The van der Waals surface area contributed by atoms with Crippen LogP contribution in [-0.4, -0.2) is 53.8 Å². The van der Waals surface area contributed by atoms with Gasteiger partial charge in [-0.25, -0.2) is 13.4 Å². The molecule has 0 bridgehead atoms. The fourth-order valence-corrected chi connectivity index (χ4v) is 4.79. The molecular weight excluding hydrogens is 432 g/mol. The van der Waals surface area contributed by atoms with E-state index in [0.29, 0.717) is 24.6 Å². The molecule has 0 radical (unpaired) electrons. The average Bonchev–Trinajstić information content (AvgIpc) is 3.08. The number of esters is 1. The summed E-state index contributed by atoms with van der Waals surface area (Å²) in [6.45, 7) is 5.57. The lowest BCUT2D eigenvalue weighted by Gasteiger charge is -2.18. The smallest absolute Gasteiger partial charge is 0.326 e. The molecule has 3 aromatic rings. The number of sulfonamides is 1. The fourth-order valence-electron chi connectivity index (χ4n) is 3.34. The van der Waals surface area contributed by atoms with Crippen LogP contribution in [0.15, 0.2) is 53.4 Å². The van der Waals surface area contributed by atoms with Gasteiger partial charge in [-0.3, -0.25) is 9.59 Å². The Morgan fingerprint density at radius 2 is 1.72 bits per heavy atom. The van der Waals surface area contributed by atoms with Gasteiger partial charge in [-0.15, -0.1) is 0 Å². The molecule has 9 nitrogen and oxygen atoms in total. The number of para-hydroxylation sites is 2. The maximum absolute atomic E-state index is 12.5. The van der Waals surface area contributed by atoms with Gasteiger partial charge in [0.2, 0.25) is 10.0 Å². The first-order valence-corrected chi connectivity index (χ1v) is 11.7. The van der Waals surface area contributed by atoms with E-state index in [1.165, 1.54) is 28.6 Å². The molecule has 0 saturated heterocycles. The number of amides is 1. The topological polar surface area (TPSA) is 111 Å². The van der Waals surface area contributed by atoms with Crippen LogP contribution < -0.4 is 5.32 Å². The Morgan fingerprint density at radius 1 is 1.06 bits per heavy atom. The molecule has 1 aromatic heterocycles. The number of anilines is 1. The summed E-state index contributed by atoms with van der Waals surface area (Å²) in [6, 6.07) is 13.3. The number of imidazole rings is 1. The van der Waals surface area contributed by atoms with E-state index in [1.807, 2.05) is 24.3 Å². The second-order valence-electron chi connectivity index (χ2n) is 7.06. The lowest BCUT2D eigenvalue weighted by atomic mass is 10.3. The van der Waals surface area contributed by atoms with Crippen LogP contribution in [-0.2, 0) is 30.9 Å². The number of rotatable bonds is 9. The van der Waals surface area contributed by atoms with E-state index in [4.69, 9.17) is 4.74 Å². The highest BCUT2D eigenvalue weighted by Crippen LogP contribution is 2.18. The number of nitrogens with zero attached hydrogens (tertiary/aromatic N) is 3. The zero-order chi connectivity index (χ0) is 23.3. The summed E-state index contributed by atoms with van der Waals surface area (Å²) in [7, 11) is -3.57. The zero-order valence-electron chi connectivity index (χ0n) is 18.2. The van der Waals surface area contributed by atoms with Crippen LogP contribution in [0.3, 0.4) is 0 Å². The molecule has 1 amide bonds. The van der Waals surface area contributed by atoms with E-state index in [1.54, 1.807) is 25.3 Å². The molecule has 10 heteroatoms. The monoisotopic (exact) mass is 458 g/mol. The van der Waals surface area contributed by atoms with Gasteiger partial charge in [0.15, 0.2) is 6.61 Å². The first kappa shape index (κ1) is 23.4. The Hall–Kier alpha value is -3.24. The molecule has 1 heterocycles. The minimum Gasteiger partial charge on any atom is -0.454 e. The predicted octanol–water partition coefficient (Wildman–Crippen LogP) is 2.56. The summed E-state index contributed by atoms with van der Waals surface area (Å²) < 4.78 is 33.2. The molecule has 0 atom stereocenters. The van der Waals surface area contributed by atoms with E-state index < -0.39 is 28.5 Å². The minimum absolute atomic E-state index is 0.0580. The molecule has 32 heavy (non-hydrogen) atoms. The number of carbonyl (C=O) groups excluding carboxylic acids is 2. The second kappa shape index (κ2) is 9.92. The normalized spacial score (nSPS) is 11.6. The Balaban J connectivity index is 1.55. The lowest BCUT2D eigenvalue weighted by Crippen LogP contribution is -2.30. The molecule has 0 aliphatic carbocycles. The lowest BCUT2D eigenvalue weighted by molar-refractivity contribution is -0.147. The Bertz CT molecular complexity index is 1210. The number of ether oxygens (including phenoxy) is 1. The zero-order valence-corrected chi connectivity index (χ0v) is 19.1. The molecule has 1 N–H and O–H groups in total. The number of hydrogen-bond donors (Lipinski definition) is 1. The molecular formula is C22H26N4O5S. The van der Waals surface area contributed by atoms with Crippen molar-refractivity contribution >= 4 is 38.6 Å². The van der Waals surface area contributed by atoms with E-state index in [0.717, 1.165) is 11.0 Å². The van der Waals surface area contributed by atoms with Crippen LogP contribution in [0.5, 0.6) is 0 Å². The van der Waals surface area contributed by atoms with Crippen molar-refractivity contribution in [3.63, 3.8) is 0 Å². The van der Waals surface area contributed by atoms with Gasteiger partial charge < -0.3 is 14.6 Å². The summed E-state index contributed by atoms with van der Waals surface area (Å²) in [5.41, 5.74) is 1.99. The van der Waals surface area contributed by atoms with Gasteiger partial charge in [-0.2, -0.15) is 4.31 Å². The Kier molecular flexibility index (Phi) is 7.26. The highest BCUT2D eigenvalue weighted by atomic mass is 32.2. The number of hydrogen-bond acceptors (Lipinski definition) is 6. The van der Waals surface area contributed by atoms with Crippen LogP contribution >= 0.6 is 0 Å². The van der Waals surface area contributed by atoms with Gasteiger partial charge >= 0.3 is 5.97 Å². The van der Waals surface area contributed by atoms with Crippen molar-refractivity contribution < 1.29 is 22.7 Å². The summed E-state index contributed by atoms with van der Waals surface area (Å²) in [4.78, 5) is 28.9. The average molecular weight is 459 g/mol. The molecule has 2 aromatic carbocycles. The standard InChI is InChI=1S/C22H26N4O5S/c1-4-25(5-2)32(29,30)18-12-10-17(11-13-18)24-21(27)15-31-22(28)14-26-16(3)23-19-8-6-7-9-20(19)26/h6-13H,4-5,14-15H2,1-3H3,(H,24,27). The van der Waals surface area contributed by atoms with Crippen molar-refractivity contribution in [1.29, 1.82) is 0 Å². The Morgan fingerprint density at radius 3 is 2.38 bits per heavy atom. The number of carbonyl (C=O) groups is 2. The first-order valence-electron chi connectivity index (χ1n) is 10.2. The molecule has 3 rings (SSSR count). The highest BCUT2D eigenvalue weighted by Gasteiger charge is 2.21. The van der Waals surface area contributed by atoms with Crippen molar-refractivity contribution in [3.05, 3.63) is 54.4 Å². The number of benzene rings is 2. The van der Waals surface area contributed by atoms with Crippen molar-refractivity contribution in [2.24, 2.45) is 0 Å². The first-order chi connectivity index (χ1) is 15.3. The molecule has 0 aliphatic heterocycles. The van der Waals surface area contributed by atoms with Crippen LogP contribution in [0.1, 0.15) is 19.7 Å². The number of nitrogens with one attached hydrogen (secondary N) is 1. The van der Waals surface area contributed by atoms with Gasteiger partial charge in [-0.1, -0.05) is 26.0 Å². The molecule has 0 spiro atoms. The number of fused-ring (bicyclic) bond motifs is 1. The van der Waals surface area contributed by atoms with Crippen LogP contribution in [0, 0.1) is 6.92 Å². The van der Waals surface area contributed by atoms with E-state index in [2.05, 4.69) is 10.3 Å². The fraction of sp³-hybridized carbons (Fsp3) is 0.318. The summed E-state index contributed by atoms with van der Waals surface area (Å²) in [6.07, 6.45) is 0. The summed E-state index contributed by atoms with van der Waals surface area (Å²) in [5, 5.41) is 2.59. The van der Waals surface area contributed by atoms with Crippen molar-refractivity contribution in [2.45, 2.75) is 32.2 Å². The van der Waals surface area contributed by atoms with Gasteiger partial charge in [0.1, 0.15) is 12.4 Å². The second-order valence-corrected chi connectivity index (χ2v) is 8.99. The van der Waals surface area contributed by atoms with Crippen LogP contribution in [0.25, 0.3) is 11.0 Å². The SMILES string of the molecule is CCN(CC)S(=O)(=O)c1ccc(NC(=O)COC(=O)Cn2c(C)nc3ccccc32)cc1. The van der Waals surface area contributed by atoms with Crippen LogP contribution in [0.4, 0.5) is 5.69 Å². The minimum atomic E-state index is -3.57. The van der Waals surface area contributed by atoms with Crippen LogP contribution in [0.2, 0.25) is 0 Å². The van der Waals surface area contributed by atoms with Gasteiger partial charge in [0, 0.05) is 18.8 Å². The van der Waals surface area contributed by atoms with E-state index in [-0.39, 0.29) is 11.4 Å². The summed E-state index contributed by atoms with van der Waals surface area (Å²) >= 11 is 0. The molecule has 170 valence electrons. The maximum atomic E-state index is 12.5. The summed E-state index contributed by atoms with van der Waals surface area (Å²) in [5.74, 6) is -0.413. The maximum Gasteiger partial charge on any atom is 0.326 e. The van der Waals surface area contributed by atoms with Gasteiger partial charge in [0.25, 0.3) is 5.91 Å². The third-order valence-corrected chi connectivity index (χ3v) is 7.04. The van der Waals surface area contributed by atoms with E-state index >= 15 is 0 Å². The number of aromatic nitrogens is 2.